The monoisotopic (exact) mass is 224 g/mol. The Morgan fingerprint density at radius 2 is 2.12 bits per heavy atom. The van der Waals surface area contributed by atoms with Crippen LogP contribution in [0.15, 0.2) is 12.1 Å². The number of ether oxygens (including phenoxy) is 1. The molecule has 0 radical (unpaired) electrons. The van der Waals surface area contributed by atoms with E-state index in [2.05, 4.69) is 0 Å². The van der Waals surface area contributed by atoms with Gasteiger partial charge in [0.15, 0.2) is 11.6 Å². The van der Waals surface area contributed by atoms with Crippen LogP contribution in [-0.2, 0) is 0 Å². The van der Waals surface area contributed by atoms with Gasteiger partial charge in [0, 0.05) is 19.2 Å². The van der Waals surface area contributed by atoms with Crippen LogP contribution in [0.25, 0.3) is 0 Å². The quantitative estimate of drug-likeness (QED) is 0.676. The van der Waals surface area contributed by atoms with E-state index in [4.69, 9.17) is 10.00 Å². The van der Waals surface area contributed by atoms with Crippen molar-refractivity contribution in [3.05, 3.63) is 23.8 Å². The van der Waals surface area contributed by atoms with Crippen LogP contribution in [0.2, 0.25) is 0 Å². The Morgan fingerprint density at radius 1 is 1.44 bits per heavy atom. The zero-order valence-corrected chi connectivity index (χ0v) is 8.87. The van der Waals surface area contributed by atoms with Crippen LogP contribution in [0.5, 0.6) is 5.75 Å². The second-order valence-corrected chi connectivity index (χ2v) is 3.75. The lowest BCUT2D eigenvalue weighted by atomic mass is 10.1. The fourth-order valence-corrected chi connectivity index (χ4v) is 1.75. The lowest BCUT2D eigenvalue weighted by Crippen LogP contribution is -2.45. The smallest absolute Gasteiger partial charge is 0.204 e. The molecule has 0 fully saturated rings. The highest BCUT2D eigenvalue weighted by atomic mass is 19.1. The van der Waals surface area contributed by atoms with Gasteiger partial charge in [-0.3, -0.25) is 0 Å². The number of nitriles is 1. The molecule has 1 aliphatic rings. The molecule has 1 aliphatic heterocycles. The highest BCUT2D eigenvalue weighted by molar-refractivity contribution is 5.62. The molecule has 1 aromatic rings. The minimum Gasteiger partial charge on any atom is -0.471 e. The third kappa shape index (κ3) is 1.47. The predicted octanol–water partition coefficient (Wildman–Crippen LogP) is 2.07. The lowest BCUT2D eigenvalue weighted by Gasteiger charge is -2.36. The average molecular weight is 224 g/mol. The standard InChI is InChI=1S/C11H10F2N2O/c1-6-10(5-14)16-9-4-7(12)3-8(13)11(9)15(6)2/h3-4,6,10H,1-2H3. The Hall–Kier alpha value is -1.83. The summed E-state index contributed by atoms with van der Waals surface area (Å²) in [6, 6.07) is 3.57. The van der Waals surface area contributed by atoms with E-state index in [1.807, 2.05) is 6.07 Å². The van der Waals surface area contributed by atoms with E-state index >= 15 is 0 Å². The molecule has 2 atom stereocenters. The first-order chi connectivity index (χ1) is 7.54. The van der Waals surface area contributed by atoms with Gasteiger partial charge in [-0.25, -0.2) is 8.78 Å². The SMILES string of the molecule is CC1C(C#N)Oc2cc(F)cc(F)c2N1C. The number of nitrogens with zero attached hydrogens (tertiary/aromatic N) is 2. The lowest BCUT2D eigenvalue weighted by molar-refractivity contribution is 0.208. The van der Waals surface area contributed by atoms with Crippen molar-refractivity contribution in [2.45, 2.75) is 19.1 Å². The topological polar surface area (TPSA) is 36.3 Å². The van der Waals surface area contributed by atoms with Crippen molar-refractivity contribution >= 4 is 5.69 Å². The second kappa shape index (κ2) is 3.63. The molecule has 0 saturated carbocycles. The zero-order chi connectivity index (χ0) is 11.9. The van der Waals surface area contributed by atoms with E-state index in [1.54, 1.807) is 18.9 Å². The van der Waals surface area contributed by atoms with Crippen LogP contribution >= 0.6 is 0 Å². The number of rotatable bonds is 0. The molecule has 0 aliphatic carbocycles. The maximum atomic E-state index is 13.5. The zero-order valence-electron chi connectivity index (χ0n) is 8.87. The highest BCUT2D eigenvalue weighted by Gasteiger charge is 2.33. The molecule has 3 nitrogen and oxygen atoms in total. The Kier molecular flexibility index (Phi) is 2.43. The molecule has 0 spiro atoms. The predicted molar refractivity (Wildman–Crippen MR) is 54.3 cm³/mol. The summed E-state index contributed by atoms with van der Waals surface area (Å²) >= 11 is 0. The van der Waals surface area contributed by atoms with Gasteiger partial charge in [-0.05, 0) is 6.92 Å². The molecule has 0 bridgehead atoms. The maximum Gasteiger partial charge on any atom is 0.204 e. The molecule has 0 saturated heterocycles. The van der Waals surface area contributed by atoms with Crippen LogP contribution in [0.1, 0.15) is 6.92 Å². The summed E-state index contributed by atoms with van der Waals surface area (Å²) in [5, 5.41) is 8.85. The molecule has 2 unspecified atom stereocenters. The van der Waals surface area contributed by atoms with Gasteiger partial charge in [-0.1, -0.05) is 0 Å². The molecule has 0 aromatic heterocycles. The fraction of sp³-hybridized carbons (Fsp3) is 0.364. The van der Waals surface area contributed by atoms with Gasteiger partial charge >= 0.3 is 0 Å². The molecular formula is C11H10F2N2O. The number of benzene rings is 1. The van der Waals surface area contributed by atoms with Crippen LogP contribution in [0, 0.1) is 23.0 Å². The summed E-state index contributed by atoms with van der Waals surface area (Å²) in [7, 11) is 1.65. The van der Waals surface area contributed by atoms with Gasteiger partial charge in [0.1, 0.15) is 17.6 Å². The molecule has 0 amide bonds. The summed E-state index contributed by atoms with van der Waals surface area (Å²) < 4.78 is 31.8. The third-order valence-electron chi connectivity index (χ3n) is 2.78. The van der Waals surface area contributed by atoms with E-state index in [1.165, 1.54) is 0 Å². The first-order valence-electron chi connectivity index (χ1n) is 4.82. The average Bonchev–Trinajstić information content (AvgIpc) is 2.22. The highest BCUT2D eigenvalue weighted by Crippen LogP contribution is 2.37. The molecule has 16 heavy (non-hydrogen) atoms. The largest absolute Gasteiger partial charge is 0.471 e. The molecule has 84 valence electrons. The number of likely N-dealkylation sites (N-methyl/N-ethyl adjacent to an activating group) is 1. The number of hydrogen-bond acceptors (Lipinski definition) is 3. The first-order valence-corrected chi connectivity index (χ1v) is 4.82. The first kappa shape index (κ1) is 10.7. The van der Waals surface area contributed by atoms with Crippen molar-refractivity contribution in [1.29, 1.82) is 5.26 Å². The van der Waals surface area contributed by atoms with Crippen molar-refractivity contribution in [3.63, 3.8) is 0 Å². The van der Waals surface area contributed by atoms with Crippen molar-refractivity contribution < 1.29 is 13.5 Å². The van der Waals surface area contributed by atoms with Crippen molar-refractivity contribution in [1.82, 2.24) is 0 Å². The molecule has 0 N–H and O–H groups in total. The number of anilines is 1. The summed E-state index contributed by atoms with van der Waals surface area (Å²) in [5.41, 5.74) is 0.195. The van der Waals surface area contributed by atoms with Crippen LogP contribution < -0.4 is 9.64 Å². The summed E-state index contributed by atoms with van der Waals surface area (Å²) in [6.45, 7) is 1.75. The van der Waals surface area contributed by atoms with E-state index in [-0.39, 0.29) is 17.5 Å². The molecule has 1 heterocycles. The fourth-order valence-electron chi connectivity index (χ4n) is 1.75. The summed E-state index contributed by atoms with van der Waals surface area (Å²) in [4.78, 5) is 1.58. The van der Waals surface area contributed by atoms with Gasteiger partial charge in [0.05, 0.1) is 6.04 Å². The Bertz CT molecular complexity index is 470. The van der Waals surface area contributed by atoms with Crippen LogP contribution in [0.4, 0.5) is 14.5 Å². The number of fused-ring (bicyclic) bond motifs is 1. The molecule has 2 rings (SSSR count). The van der Waals surface area contributed by atoms with E-state index < -0.39 is 17.7 Å². The van der Waals surface area contributed by atoms with Gasteiger partial charge < -0.3 is 9.64 Å². The Morgan fingerprint density at radius 3 is 2.75 bits per heavy atom. The van der Waals surface area contributed by atoms with Crippen LogP contribution in [0.3, 0.4) is 0 Å². The Balaban J connectivity index is 2.55. The third-order valence-corrected chi connectivity index (χ3v) is 2.78. The molecule has 1 aromatic carbocycles. The summed E-state index contributed by atoms with van der Waals surface area (Å²) in [6.07, 6.45) is -0.723. The summed E-state index contributed by atoms with van der Waals surface area (Å²) in [5.74, 6) is -1.32. The minimum atomic E-state index is -0.723. The number of hydrogen-bond donors (Lipinski definition) is 0. The van der Waals surface area contributed by atoms with E-state index in [9.17, 15) is 8.78 Å². The van der Waals surface area contributed by atoms with Crippen LogP contribution in [-0.4, -0.2) is 19.2 Å². The van der Waals surface area contributed by atoms with Crippen molar-refractivity contribution in [2.24, 2.45) is 0 Å². The second-order valence-electron chi connectivity index (χ2n) is 3.75. The molecular weight excluding hydrogens is 214 g/mol. The van der Waals surface area contributed by atoms with Crippen molar-refractivity contribution in [3.8, 4) is 11.8 Å². The van der Waals surface area contributed by atoms with Gasteiger partial charge in [-0.2, -0.15) is 5.26 Å². The minimum absolute atomic E-state index is 0.0738. The maximum absolute atomic E-state index is 13.5. The number of halogens is 2. The van der Waals surface area contributed by atoms with E-state index in [0.29, 0.717) is 0 Å². The van der Waals surface area contributed by atoms with Crippen molar-refractivity contribution in [2.75, 3.05) is 11.9 Å². The Labute approximate surface area is 91.8 Å². The van der Waals surface area contributed by atoms with Gasteiger partial charge in [0.2, 0.25) is 6.10 Å². The van der Waals surface area contributed by atoms with Gasteiger partial charge in [0.25, 0.3) is 0 Å². The molecule has 5 heteroatoms. The van der Waals surface area contributed by atoms with E-state index in [0.717, 1.165) is 12.1 Å². The van der Waals surface area contributed by atoms with Gasteiger partial charge in [-0.15, -0.1) is 0 Å². The normalized spacial score (nSPS) is 23.3.